The molecule has 1 N–H and O–H groups in total. The first-order chi connectivity index (χ1) is 29.8. The Labute approximate surface area is 381 Å². The van der Waals surface area contributed by atoms with Gasteiger partial charge in [-0.05, 0) is 216 Å². The van der Waals surface area contributed by atoms with E-state index < -0.39 is 0 Å². The second-order valence-electron chi connectivity index (χ2n) is 26.6. The summed E-state index contributed by atoms with van der Waals surface area (Å²) in [5, 5.41) is 10.0. The van der Waals surface area contributed by atoms with Crippen LogP contribution in [0.5, 0.6) is 0 Å². The summed E-state index contributed by atoms with van der Waals surface area (Å²) in [4.78, 5) is 60.8. The van der Waals surface area contributed by atoms with Gasteiger partial charge < -0.3 is 5.11 Å². The Morgan fingerprint density at radius 3 is 1.10 bits per heavy atom. The summed E-state index contributed by atoms with van der Waals surface area (Å²) in [6.07, 6.45) is 29.2. The molecule has 0 aliphatic heterocycles. The van der Waals surface area contributed by atoms with E-state index in [2.05, 4.69) is 41.5 Å². The highest BCUT2D eigenvalue weighted by molar-refractivity contribution is 5.88. The van der Waals surface area contributed by atoms with Crippen molar-refractivity contribution in [3.8, 4) is 0 Å². The van der Waals surface area contributed by atoms with E-state index in [4.69, 9.17) is 0 Å². The molecule has 0 bridgehead atoms. The highest BCUT2D eigenvalue weighted by Gasteiger charge is 2.63. The van der Waals surface area contributed by atoms with E-state index in [0.717, 1.165) is 151 Å². The number of Topliss-reactive ketones (excluding diaryl/α,β-unsaturated/α-hetero) is 5. The van der Waals surface area contributed by atoms with Crippen molar-refractivity contribution in [2.24, 2.45) is 104 Å². The first-order valence-corrected chi connectivity index (χ1v) is 27.2. The molecule has 0 spiro atoms. The maximum Gasteiger partial charge on any atom is 0.139 e. The number of aliphatic hydroxyl groups excluding tert-OH is 1. The van der Waals surface area contributed by atoms with Gasteiger partial charge in [-0.3, -0.25) is 24.0 Å². The van der Waals surface area contributed by atoms with Crippen LogP contribution in [0.15, 0.2) is 0 Å². The standard InChI is InChI=1S/C19H30O2.2C19H28O2/c3*1-18-9-7-13(20)11-12(18)3-4-14-15-5-6-17(21)19(15,2)10-8-16(14)18/h12-16,20H,3-11H2,1-2H3;2*12,14-16H,3-11H2,1-2H3/t12-,13+,14-,15-,16-,18-,19-;12?,14-,15-,16-,18-,19-;12-,14+,15+,16+,18+,19+/m001/s1. The van der Waals surface area contributed by atoms with Crippen LogP contribution in [0.3, 0.4) is 0 Å². The summed E-state index contributed by atoms with van der Waals surface area (Å²) >= 11 is 0. The summed E-state index contributed by atoms with van der Waals surface area (Å²) in [7, 11) is 0. The van der Waals surface area contributed by atoms with Gasteiger partial charge in [0, 0.05) is 61.2 Å². The Bertz CT molecular complexity index is 1780. The Morgan fingerprint density at radius 1 is 0.365 bits per heavy atom. The topological polar surface area (TPSA) is 106 Å². The van der Waals surface area contributed by atoms with Crippen molar-refractivity contribution in [3.05, 3.63) is 0 Å². The average Bonchev–Trinajstić information content (AvgIpc) is 3.86. The fraction of sp³-hybridized carbons (Fsp3) is 0.912. The highest BCUT2D eigenvalue weighted by atomic mass is 16.3. The van der Waals surface area contributed by atoms with Crippen LogP contribution >= 0.6 is 0 Å². The molecule has 0 saturated heterocycles. The number of aliphatic hydroxyl groups is 1. The van der Waals surface area contributed by atoms with E-state index in [1.54, 1.807) is 0 Å². The van der Waals surface area contributed by atoms with Crippen molar-refractivity contribution < 1.29 is 29.1 Å². The second-order valence-corrected chi connectivity index (χ2v) is 26.6. The Hall–Kier alpha value is -1.69. The number of carbonyl (C=O) groups is 5. The van der Waals surface area contributed by atoms with Crippen LogP contribution in [0.25, 0.3) is 0 Å². The van der Waals surface area contributed by atoms with Crippen molar-refractivity contribution in [2.45, 2.75) is 221 Å². The van der Waals surface area contributed by atoms with Gasteiger partial charge in [0.25, 0.3) is 0 Å². The lowest BCUT2D eigenvalue weighted by Crippen LogP contribution is -2.54. The van der Waals surface area contributed by atoms with Crippen LogP contribution in [-0.4, -0.2) is 40.1 Å². The summed E-state index contributed by atoms with van der Waals surface area (Å²) in [6, 6.07) is 0. The SMILES string of the molecule is C[C@]12CCC(=O)CC1CC[C@@H]1[C@@H]2CC[C@]2(C)C(=O)CC[C@@H]12.C[C@]12CCC(=O)C[C@H]1CC[C@@H]1[C@@H]2CC[C@]2(C)C(=O)CC[C@@H]12.C[C@]12CC[C@@H](O)C[C@@H]1CC[C@@H]1[C@@H]2CC[C@]2(C)C(=O)CC[C@@H]12. The third kappa shape index (κ3) is 6.91. The first-order valence-electron chi connectivity index (χ1n) is 27.2. The van der Waals surface area contributed by atoms with Gasteiger partial charge in [0.15, 0.2) is 0 Å². The molecule has 0 heterocycles. The second kappa shape index (κ2) is 16.0. The molecule has 0 radical (unpaired) electrons. The molecule has 12 rings (SSSR count). The third-order valence-electron chi connectivity index (χ3n) is 24.7. The Kier molecular flexibility index (Phi) is 11.4. The Balaban J connectivity index is 0.000000112. The van der Waals surface area contributed by atoms with Crippen LogP contribution in [0.2, 0.25) is 0 Å². The van der Waals surface area contributed by atoms with E-state index in [1.165, 1.54) is 64.2 Å². The number of carbonyl (C=O) groups excluding carboxylic acids is 5. The van der Waals surface area contributed by atoms with Gasteiger partial charge in [-0.15, -0.1) is 0 Å². The molecule has 19 atom stereocenters. The molecule has 12 fully saturated rings. The molecule has 0 amide bonds. The van der Waals surface area contributed by atoms with Crippen molar-refractivity contribution in [1.29, 1.82) is 0 Å². The van der Waals surface area contributed by atoms with Gasteiger partial charge in [0.1, 0.15) is 28.9 Å². The van der Waals surface area contributed by atoms with Gasteiger partial charge in [-0.2, -0.15) is 0 Å². The highest BCUT2D eigenvalue weighted by Crippen LogP contribution is 2.68. The molecule has 1 unspecified atom stereocenters. The minimum atomic E-state index is -0.0541. The minimum absolute atomic E-state index is 0.00511. The molecule has 0 aromatic heterocycles. The summed E-state index contributed by atoms with van der Waals surface area (Å²) in [6.45, 7) is 14.2. The van der Waals surface area contributed by atoms with Gasteiger partial charge in [-0.1, -0.05) is 41.5 Å². The molecule has 12 aliphatic rings. The molecule has 12 aliphatic carbocycles. The number of rotatable bonds is 0. The maximum absolute atomic E-state index is 12.4. The van der Waals surface area contributed by atoms with Crippen molar-refractivity contribution in [2.75, 3.05) is 0 Å². The lowest BCUT2D eigenvalue weighted by Gasteiger charge is -2.60. The van der Waals surface area contributed by atoms with Gasteiger partial charge >= 0.3 is 0 Å². The van der Waals surface area contributed by atoms with Crippen LogP contribution in [0.4, 0.5) is 0 Å². The average molecular weight is 867 g/mol. The fourth-order valence-electron chi connectivity index (χ4n) is 20.6. The molecule has 350 valence electrons. The number of fused-ring (bicyclic) bond motifs is 15. The van der Waals surface area contributed by atoms with E-state index in [1.807, 2.05) is 0 Å². The van der Waals surface area contributed by atoms with Crippen LogP contribution in [0.1, 0.15) is 215 Å². The lowest BCUT2D eigenvalue weighted by molar-refractivity contribution is -0.145. The lowest BCUT2D eigenvalue weighted by atomic mass is 9.45. The van der Waals surface area contributed by atoms with Crippen LogP contribution < -0.4 is 0 Å². The van der Waals surface area contributed by atoms with Crippen LogP contribution in [-0.2, 0) is 24.0 Å². The maximum atomic E-state index is 12.4. The largest absolute Gasteiger partial charge is 0.393 e. The summed E-state index contributed by atoms with van der Waals surface area (Å²) in [5.74, 6) is 11.2. The predicted molar refractivity (Wildman–Crippen MR) is 246 cm³/mol. The van der Waals surface area contributed by atoms with Crippen LogP contribution in [0, 0.1) is 104 Å². The van der Waals surface area contributed by atoms with Crippen molar-refractivity contribution >= 4 is 28.9 Å². The van der Waals surface area contributed by atoms with Crippen molar-refractivity contribution in [3.63, 3.8) is 0 Å². The quantitative estimate of drug-likeness (QED) is 0.260. The fourth-order valence-corrected chi connectivity index (χ4v) is 20.6. The minimum Gasteiger partial charge on any atom is -0.393 e. The molecule has 6 heteroatoms. The summed E-state index contributed by atoms with van der Waals surface area (Å²) in [5.41, 5.74) is 1.20. The molecule has 6 nitrogen and oxygen atoms in total. The van der Waals surface area contributed by atoms with Gasteiger partial charge in [-0.25, -0.2) is 0 Å². The molecular formula is C57H86O6. The molecule has 0 aromatic carbocycles. The smallest absolute Gasteiger partial charge is 0.139 e. The zero-order valence-corrected chi connectivity index (χ0v) is 40.6. The van der Waals surface area contributed by atoms with Gasteiger partial charge in [0.2, 0.25) is 0 Å². The normalized spacial score (nSPS) is 54.2. The Morgan fingerprint density at radius 2 is 0.714 bits per heavy atom. The predicted octanol–water partition coefficient (Wildman–Crippen LogP) is 12.3. The van der Waals surface area contributed by atoms with E-state index in [0.29, 0.717) is 74.8 Å². The number of ketones is 5. The zero-order valence-electron chi connectivity index (χ0n) is 40.6. The number of hydrogen-bond acceptors (Lipinski definition) is 6. The molecule has 12 saturated carbocycles. The van der Waals surface area contributed by atoms with Gasteiger partial charge in [0.05, 0.1) is 6.10 Å². The summed E-state index contributed by atoms with van der Waals surface area (Å²) < 4.78 is 0. The molecular weight excluding hydrogens is 781 g/mol. The third-order valence-corrected chi connectivity index (χ3v) is 24.7. The molecule has 63 heavy (non-hydrogen) atoms. The van der Waals surface area contributed by atoms with E-state index in [-0.39, 0.29) is 22.3 Å². The number of hydrogen-bond donors (Lipinski definition) is 1. The zero-order chi connectivity index (χ0) is 44.5. The first kappa shape index (κ1) is 45.1. The monoisotopic (exact) mass is 867 g/mol. The van der Waals surface area contributed by atoms with E-state index in [9.17, 15) is 29.1 Å². The van der Waals surface area contributed by atoms with E-state index >= 15 is 0 Å². The van der Waals surface area contributed by atoms with Crippen molar-refractivity contribution in [1.82, 2.24) is 0 Å². The molecule has 0 aromatic rings.